The van der Waals surface area contributed by atoms with Crippen molar-refractivity contribution in [3.05, 3.63) is 65.7 Å². The van der Waals surface area contributed by atoms with Gasteiger partial charge in [0, 0.05) is 6.54 Å². The van der Waals surface area contributed by atoms with Gasteiger partial charge in [-0.05, 0) is 17.7 Å². The molecule has 0 aromatic heterocycles. The van der Waals surface area contributed by atoms with Crippen LogP contribution in [0.15, 0.2) is 59.5 Å². The Morgan fingerprint density at radius 1 is 1.10 bits per heavy atom. The molecule has 1 unspecified atom stereocenters. The van der Waals surface area contributed by atoms with E-state index in [0.717, 1.165) is 0 Å². The number of aliphatic hydroxyl groups excluding tert-OH is 1. The Morgan fingerprint density at radius 2 is 1.71 bits per heavy atom. The highest BCUT2D eigenvalue weighted by Crippen LogP contribution is 2.16. The lowest BCUT2D eigenvalue weighted by atomic mass is 10.1. The Morgan fingerprint density at radius 3 is 2.38 bits per heavy atom. The number of nitriles is 1. The zero-order valence-electron chi connectivity index (χ0n) is 11.1. The fraction of sp³-hybridized carbons (Fsp3) is 0.133. The standard InChI is InChI=1S/C15H14N2O3S/c16-10-13-8-4-5-9-15(13)21(19,20)17-11-14(18)12-6-2-1-3-7-12/h1-9,14,17-18H,11H2. The monoisotopic (exact) mass is 302 g/mol. The molecule has 0 heterocycles. The lowest BCUT2D eigenvalue weighted by Gasteiger charge is -2.13. The summed E-state index contributed by atoms with van der Waals surface area (Å²) in [6.07, 6.45) is -0.949. The summed E-state index contributed by atoms with van der Waals surface area (Å²) in [7, 11) is -3.84. The van der Waals surface area contributed by atoms with Crippen molar-refractivity contribution in [2.75, 3.05) is 6.54 Å². The summed E-state index contributed by atoms with van der Waals surface area (Å²) in [5, 5.41) is 18.9. The quantitative estimate of drug-likeness (QED) is 0.877. The van der Waals surface area contributed by atoms with Crippen molar-refractivity contribution in [3.8, 4) is 6.07 Å². The van der Waals surface area contributed by atoms with Crippen LogP contribution in [-0.2, 0) is 10.0 Å². The average molecular weight is 302 g/mol. The molecule has 0 spiro atoms. The van der Waals surface area contributed by atoms with Gasteiger partial charge in [-0.3, -0.25) is 0 Å². The van der Waals surface area contributed by atoms with Crippen LogP contribution >= 0.6 is 0 Å². The summed E-state index contributed by atoms with van der Waals surface area (Å²) in [6.45, 7) is -0.161. The molecule has 0 aliphatic carbocycles. The maximum atomic E-state index is 12.2. The van der Waals surface area contributed by atoms with Gasteiger partial charge in [0.25, 0.3) is 0 Å². The van der Waals surface area contributed by atoms with Gasteiger partial charge < -0.3 is 5.11 Å². The zero-order valence-corrected chi connectivity index (χ0v) is 11.9. The Kier molecular flexibility index (Phi) is 4.70. The molecule has 0 saturated heterocycles. The summed E-state index contributed by atoms with van der Waals surface area (Å²) in [5.41, 5.74) is 0.688. The first-order valence-electron chi connectivity index (χ1n) is 6.26. The normalized spacial score (nSPS) is 12.6. The molecule has 0 aliphatic heterocycles. The maximum Gasteiger partial charge on any atom is 0.241 e. The molecule has 108 valence electrons. The van der Waals surface area contributed by atoms with Crippen LogP contribution in [0.2, 0.25) is 0 Å². The fourth-order valence-corrected chi connectivity index (χ4v) is 3.05. The van der Waals surface area contributed by atoms with Gasteiger partial charge in [0.15, 0.2) is 0 Å². The molecule has 1 atom stereocenters. The number of sulfonamides is 1. The van der Waals surface area contributed by atoms with Gasteiger partial charge in [-0.25, -0.2) is 13.1 Å². The van der Waals surface area contributed by atoms with E-state index in [9.17, 15) is 13.5 Å². The van der Waals surface area contributed by atoms with Gasteiger partial charge in [0.05, 0.1) is 16.6 Å². The second kappa shape index (κ2) is 6.50. The van der Waals surface area contributed by atoms with Crippen LogP contribution in [0.1, 0.15) is 17.2 Å². The summed E-state index contributed by atoms with van der Waals surface area (Å²) in [5.74, 6) is 0. The van der Waals surface area contributed by atoms with E-state index in [0.29, 0.717) is 5.56 Å². The Bertz CT molecular complexity index is 752. The van der Waals surface area contributed by atoms with Gasteiger partial charge >= 0.3 is 0 Å². The predicted octanol–water partition coefficient (Wildman–Crippen LogP) is 1.57. The topological polar surface area (TPSA) is 90.2 Å². The Balaban J connectivity index is 2.14. The lowest BCUT2D eigenvalue weighted by Crippen LogP contribution is -2.29. The molecule has 5 nitrogen and oxygen atoms in total. The van der Waals surface area contributed by atoms with Gasteiger partial charge in [0.2, 0.25) is 10.0 Å². The van der Waals surface area contributed by atoms with E-state index in [1.807, 2.05) is 12.1 Å². The molecule has 0 radical (unpaired) electrons. The maximum absolute atomic E-state index is 12.2. The third-order valence-electron chi connectivity index (χ3n) is 2.95. The molecule has 0 saturated carbocycles. The summed E-state index contributed by atoms with van der Waals surface area (Å²) in [4.78, 5) is -0.0900. The Hall–Kier alpha value is -2.20. The van der Waals surface area contributed by atoms with E-state index < -0.39 is 16.1 Å². The fourth-order valence-electron chi connectivity index (χ4n) is 1.85. The average Bonchev–Trinajstić information content (AvgIpc) is 2.53. The minimum atomic E-state index is -3.84. The number of benzene rings is 2. The molecule has 2 aromatic rings. The van der Waals surface area contributed by atoms with E-state index in [2.05, 4.69) is 4.72 Å². The second-order valence-electron chi connectivity index (χ2n) is 4.39. The first kappa shape index (κ1) is 15.2. The smallest absolute Gasteiger partial charge is 0.241 e. The molecular formula is C15H14N2O3S. The van der Waals surface area contributed by atoms with Gasteiger partial charge in [-0.15, -0.1) is 0 Å². The van der Waals surface area contributed by atoms with Crippen molar-refractivity contribution in [2.45, 2.75) is 11.0 Å². The first-order chi connectivity index (χ1) is 10.0. The van der Waals surface area contributed by atoms with Crippen LogP contribution in [0, 0.1) is 11.3 Å². The molecule has 2 aromatic carbocycles. The van der Waals surface area contributed by atoms with Gasteiger partial charge in [-0.2, -0.15) is 5.26 Å². The van der Waals surface area contributed by atoms with Gasteiger partial charge in [-0.1, -0.05) is 42.5 Å². The molecule has 2 N–H and O–H groups in total. The molecule has 6 heteroatoms. The van der Waals surface area contributed by atoms with Crippen LogP contribution in [0.4, 0.5) is 0 Å². The highest BCUT2D eigenvalue weighted by atomic mass is 32.2. The first-order valence-corrected chi connectivity index (χ1v) is 7.75. The highest BCUT2D eigenvalue weighted by Gasteiger charge is 2.19. The van der Waals surface area contributed by atoms with Crippen LogP contribution in [0.3, 0.4) is 0 Å². The lowest BCUT2D eigenvalue weighted by molar-refractivity contribution is 0.182. The second-order valence-corrected chi connectivity index (χ2v) is 6.12. The summed E-state index contributed by atoms with van der Waals surface area (Å²) < 4.78 is 26.7. The zero-order chi connectivity index (χ0) is 15.3. The van der Waals surface area contributed by atoms with Crippen LogP contribution in [0.5, 0.6) is 0 Å². The summed E-state index contributed by atoms with van der Waals surface area (Å²) in [6, 6.07) is 16.5. The van der Waals surface area contributed by atoms with Crippen molar-refractivity contribution < 1.29 is 13.5 Å². The van der Waals surface area contributed by atoms with Crippen LogP contribution < -0.4 is 4.72 Å². The number of rotatable bonds is 5. The number of nitrogens with one attached hydrogen (secondary N) is 1. The van der Waals surface area contributed by atoms with Gasteiger partial charge in [0.1, 0.15) is 6.07 Å². The van der Waals surface area contributed by atoms with E-state index in [-0.39, 0.29) is 17.0 Å². The summed E-state index contributed by atoms with van der Waals surface area (Å²) >= 11 is 0. The van der Waals surface area contributed by atoms with Crippen molar-refractivity contribution in [1.29, 1.82) is 5.26 Å². The predicted molar refractivity (Wildman–Crippen MR) is 77.7 cm³/mol. The minimum Gasteiger partial charge on any atom is -0.387 e. The number of aliphatic hydroxyl groups is 1. The largest absolute Gasteiger partial charge is 0.387 e. The van der Waals surface area contributed by atoms with Crippen LogP contribution in [0.25, 0.3) is 0 Å². The van der Waals surface area contributed by atoms with Crippen molar-refractivity contribution in [3.63, 3.8) is 0 Å². The molecule has 0 fully saturated rings. The third-order valence-corrected chi connectivity index (χ3v) is 4.43. The van der Waals surface area contributed by atoms with E-state index >= 15 is 0 Å². The molecule has 2 rings (SSSR count). The van der Waals surface area contributed by atoms with Crippen molar-refractivity contribution >= 4 is 10.0 Å². The van der Waals surface area contributed by atoms with Crippen molar-refractivity contribution in [2.24, 2.45) is 0 Å². The number of nitrogens with zero attached hydrogens (tertiary/aromatic N) is 1. The minimum absolute atomic E-state index is 0.0687. The SMILES string of the molecule is N#Cc1ccccc1S(=O)(=O)NCC(O)c1ccccc1. The molecule has 0 amide bonds. The van der Waals surface area contributed by atoms with E-state index in [4.69, 9.17) is 5.26 Å². The van der Waals surface area contributed by atoms with Crippen molar-refractivity contribution in [1.82, 2.24) is 4.72 Å². The van der Waals surface area contributed by atoms with Crippen LogP contribution in [-0.4, -0.2) is 20.1 Å². The Labute approximate surface area is 123 Å². The molecule has 0 aliphatic rings. The number of hydrogen-bond acceptors (Lipinski definition) is 4. The molecule has 21 heavy (non-hydrogen) atoms. The number of hydrogen-bond donors (Lipinski definition) is 2. The van der Waals surface area contributed by atoms with E-state index in [1.54, 1.807) is 36.4 Å². The molecular weight excluding hydrogens is 288 g/mol. The van der Waals surface area contributed by atoms with E-state index in [1.165, 1.54) is 12.1 Å². The third kappa shape index (κ3) is 3.67. The highest BCUT2D eigenvalue weighted by molar-refractivity contribution is 7.89. The molecule has 0 bridgehead atoms.